The molecule has 2 N–H and O–H groups in total. The van der Waals surface area contributed by atoms with Crippen LogP contribution in [0.3, 0.4) is 0 Å². The highest BCUT2D eigenvalue weighted by Crippen LogP contribution is 2.50. The van der Waals surface area contributed by atoms with Gasteiger partial charge in [-0.25, -0.2) is 4.79 Å². The number of carboxylic acid groups (broad SMARTS) is 1. The van der Waals surface area contributed by atoms with Gasteiger partial charge in [0.1, 0.15) is 11.5 Å². The average Bonchev–Trinajstić information content (AvgIpc) is 3.18. The SMILES string of the molecule is C#CCOc1ccc([C@@H]2CC(=O)Nc3c2sc(C(=O)O)c3-c2ccccc2)cc1OCC. The Morgan fingerprint density at radius 1 is 1.22 bits per heavy atom. The second kappa shape index (κ2) is 9.16. The molecule has 32 heavy (non-hydrogen) atoms. The third kappa shape index (κ3) is 4.05. The molecule has 1 aliphatic heterocycles. The minimum absolute atomic E-state index is 0.114. The minimum Gasteiger partial charge on any atom is -0.490 e. The van der Waals surface area contributed by atoms with Crippen molar-refractivity contribution in [3.63, 3.8) is 0 Å². The molecule has 2 aromatic carbocycles. The normalized spacial score (nSPS) is 14.8. The first kappa shape index (κ1) is 21.5. The fourth-order valence-corrected chi connectivity index (χ4v) is 5.08. The van der Waals surface area contributed by atoms with E-state index in [2.05, 4.69) is 11.2 Å². The summed E-state index contributed by atoms with van der Waals surface area (Å²) < 4.78 is 11.3. The Bertz CT molecular complexity index is 1210. The Kier molecular flexibility index (Phi) is 6.15. The van der Waals surface area contributed by atoms with Crippen LogP contribution in [0.4, 0.5) is 5.69 Å². The highest BCUT2D eigenvalue weighted by atomic mass is 32.1. The molecule has 1 aromatic heterocycles. The molecule has 0 saturated heterocycles. The van der Waals surface area contributed by atoms with Crippen molar-refractivity contribution >= 4 is 28.9 Å². The Morgan fingerprint density at radius 3 is 2.69 bits per heavy atom. The van der Waals surface area contributed by atoms with Gasteiger partial charge in [0.15, 0.2) is 11.5 Å². The van der Waals surface area contributed by atoms with Crippen LogP contribution < -0.4 is 14.8 Å². The second-order valence-electron chi connectivity index (χ2n) is 7.15. The van der Waals surface area contributed by atoms with Crippen molar-refractivity contribution in [1.82, 2.24) is 0 Å². The van der Waals surface area contributed by atoms with Crippen molar-refractivity contribution in [2.75, 3.05) is 18.5 Å². The molecule has 3 aromatic rings. The lowest BCUT2D eigenvalue weighted by Crippen LogP contribution is -2.22. The van der Waals surface area contributed by atoms with Crippen LogP contribution in [0, 0.1) is 12.3 Å². The van der Waals surface area contributed by atoms with E-state index in [1.807, 2.05) is 49.4 Å². The zero-order valence-electron chi connectivity index (χ0n) is 17.4. The van der Waals surface area contributed by atoms with Gasteiger partial charge in [-0.05, 0) is 30.2 Å². The Labute approximate surface area is 189 Å². The van der Waals surface area contributed by atoms with Crippen molar-refractivity contribution < 1.29 is 24.2 Å². The van der Waals surface area contributed by atoms with Gasteiger partial charge in [0.2, 0.25) is 5.91 Å². The minimum atomic E-state index is -1.02. The molecule has 1 amide bonds. The van der Waals surface area contributed by atoms with Gasteiger partial charge in [0.25, 0.3) is 0 Å². The smallest absolute Gasteiger partial charge is 0.346 e. The topological polar surface area (TPSA) is 84.9 Å². The second-order valence-corrected chi connectivity index (χ2v) is 8.21. The summed E-state index contributed by atoms with van der Waals surface area (Å²) in [5, 5.41) is 12.8. The predicted molar refractivity (Wildman–Crippen MR) is 124 cm³/mol. The van der Waals surface area contributed by atoms with Gasteiger partial charge in [0, 0.05) is 22.8 Å². The van der Waals surface area contributed by atoms with Gasteiger partial charge in [0.05, 0.1) is 12.3 Å². The van der Waals surface area contributed by atoms with Crippen LogP contribution in [-0.4, -0.2) is 30.2 Å². The molecule has 0 fully saturated rings. The molecule has 4 rings (SSSR count). The summed E-state index contributed by atoms with van der Waals surface area (Å²) in [5.41, 5.74) is 2.69. The summed E-state index contributed by atoms with van der Waals surface area (Å²) in [6.45, 7) is 2.42. The Balaban J connectivity index is 1.84. The number of terminal acetylenes is 1. The highest BCUT2D eigenvalue weighted by molar-refractivity contribution is 7.15. The first-order chi connectivity index (χ1) is 15.5. The number of ether oxygens (including phenoxy) is 2. The molecule has 0 spiro atoms. The summed E-state index contributed by atoms with van der Waals surface area (Å²) in [7, 11) is 0. The lowest BCUT2D eigenvalue weighted by atomic mass is 9.88. The van der Waals surface area contributed by atoms with E-state index in [0.717, 1.165) is 16.0 Å². The standard InChI is InChI=1S/C25H21NO5S/c1-3-12-31-18-11-10-16(13-19(18)30-4-2)17-14-20(27)26-22-21(15-8-6-5-7-9-15)24(25(28)29)32-23(17)22/h1,5-11,13,17H,4,12,14H2,2H3,(H,26,27)(H,28,29)/t17-/m0/s1. The Morgan fingerprint density at radius 2 is 2.00 bits per heavy atom. The average molecular weight is 448 g/mol. The van der Waals surface area contributed by atoms with Crippen molar-refractivity contribution in [1.29, 1.82) is 0 Å². The third-order valence-corrected chi connectivity index (χ3v) is 6.44. The van der Waals surface area contributed by atoms with E-state index in [1.165, 1.54) is 11.3 Å². The number of nitrogens with one attached hydrogen (secondary N) is 1. The van der Waals surface area contributed by atoms with Gasteiger partial charge in [-0.1, -0.05) is 42.3 Å². The van der Waals surface area contributed by atoms with Gasteiger partial charge in [-0.2, -0.15) is 0 Å². The number of hydrogen-bond acceptors (Lipinski definition) is 5. The molecule has 7 heteroatoms. The fourth-order valence-electron chi connectivity index (χ4n) is 3.84. The lowest BCUT2D eigenvalue weighted by molar-refractivity contribution is -0.116. The molecule has 162 valence electrons. The number of thiophene rings is 1. The molecule has 1 aliphatic rings. The number of rotatable bonds is 7. The number of amides is 1. The summed E-state index contributed by atoms with van der Waals surface area (Å²) in [4.78, 5) is 25.7. The number of fused-ring (bicyclic) bond motifs is 1. The fraction of sp³-hybridized carbons (Fsp3) is 0.200. The van der Waals surface area contributed by atoms with Gasteiger partial charge < -0.3 is 19.9 Å². The zero-order valence-corrected chi connectivity index (χ0v) is 18.2. The van der Waals surface area contributed by atoms with E-state index >= 15 is 0 Å². The molecule has 1 atom stereocenters. The van der Waals surface area contributed by atoms with E-state index in [-0.39, 0.29) is 29.7 Å². The number of anilines is 1. The maximum Gasteiger partial charge on any atom is 0.346 e. The maximum atomic E-state index is 12.7. The van der Waals surface area contributed by atoms with E-state index in [4.69, 9.17) is 15.9 Å². The summed E-state index contributed by atoms with van der Waals surface area (Å²) >= 11 is 1.19. The molecule has 0 radical (unpaired) electrons. The maximum absolute atomic E-state index is 12.7. The van der Waals surface area contributed by atoms with Crippen LogP contribution in [0.15, 0.2) is 48.5 Å². The van der Waals surface area contributed by atoms with Gasteiger partial charge >= 0.3 is 5.97 Å². The van der Waals surface area contributed by atoms with Crippen LogP contribution >= 0.6 is 11.3 Å². The summed E-state index contributed by atoms with van der Waals surface area (Å²) in [5.74, 6) is 1.99. The number of hydrogen-bond donors (Lipinski definition) is 2. The van der Waals surface area contributed by atoms with Crippen LogP contribution in [0.25, 0.3) is 11.1 Å². The predicted octanol–water partition coefficient (Wildman–Crippen LogP) is 5.00. The van der Waals surface area contributed by atoms with Gasteiger partial charge in [-0.3, -0.25) is 4.79 Å². The van der Waals surface area contributed by atoms with E-state index in [1.54, 1.807) is 6.07 Å². The van der Waals surface area contributed by atoms with Crippen LogP contribution in [0.1, 0.15) is 39.4 Å². The quantitative estimate of drug-likeness (QED) is 0.498. The van der Waals surface area contributed by atoms with E-state index in [0.29, 0.717) is 29.4 Å². The monoisotopic (exact) mass is 447 g/mol. The number of benzene rings is 2. The largest absolute Gasteiger partial charge is 0.490 e. The summed E-state index contributed by atoms with van der Waals surface area (Å²) in [6, 6.07) is 14.7. The molecule has 0 saturated carbocycles. The van der Waals surface area contributed by atoms with E-state index < -0.39 is 5.97 Å². The molecule has 0 bridgehead atoms. The van der Waals surface area contributed by atoms with Crippen molar-refractivity contribution in [2.24, 2.45) is 0 Å². The number of carbonyl (C=O) groups excluding carboxylic acids is 1. The lowest BCUT2D eigenvalue weighted by Gasteiger charge is -2.24. The van der Waals surface area contributed by atoms with Crippen molar-refractivity contribution in [3.05, 3.63) is 63.8 Å². The molecule has 6 nitrogen and oxygen atoms in total. The van der Waals surface area contributed by atoms with Crippen LogP contribution in [0.2, 0.25) is 0 Å². The van der Waals surface area contributed by atoms with Crippen LogP contribution in [-0.2, 0) is 4.79 Å². The molecular weight excluding hydrogens is 426 g/mol. The first-order valence-corrected chi connectivity index (χ1v) is 10.9. The molecule has 2 heterocycles. The molecule has 0 unspecified atom stereocenters. The number of carboxylic acids is 1. The molecule has 0 aliphatic carbocycles. The van der Waals surface area contributed by atoms with Crippen molar-refractivity contribution in [3.8, 4) is 35.0 Å². The zero-order chi connectivity index (χ0) is 22.7. The Hall–Kier alpha value is -3.76. The van der Waals surface area contributed by atoms with Crippen molar-refractivity contribution in [2.45, 2.75) is 19.3 Å². The third-order valence-electron chi connectivity index (χ3n) is 5.14. The number of carbonyl (C=O) groups is 2. The summed E-state index contributed by atoms with van der Waals surface area (Å²) in [6.07, 6.45) is 5.50. The first-order valence-electron chi connectivity index (χ1n) is 10.1. The highest BCUT2D eigenvalue weighted by Gasteiger charge is 2.34. The molecular formula is C25H21NO5S. The van der Waals surface area contributed by atoms with Crippen LogP contribution in [0.5, 0.6) is 11.5 Å². The van der Waals surface area contributed by atoms with E-state index in [9.17, 15) is 14.7 Å². The van der Waals surface area contributed by atoms with Gasteiger partial charge in [-0.15, -0.1) is 17.8 Å². The number of aromatic carboxylic acids is 1.